The van der Waals surface area contributed by atoms with E-state index in [9.17, 15) is 0 Å². The Hall–Kier alpha value is -1.79. The molecule has 2 fully saturated rings. The first kappa shape index (κ1) is 19.0. The Balaban J connectivity index is 1.61. The number of nitrogens with one attached hydrogen (secondary N) is 2. The van der Waals surface area contributed by atoms with Crippen LogP contribution in [-0.4, -0.2) is 64.4 Å². The highest BCUT2D eigenvalue weighted by molar-refractivity contribution is 5.79. The second kappa shape index (κ2) is 9.78. The van der Waals surface area contributed by atoms with Crippen LogP contribution in [0.25, 0.3) is 0 Å². The summed E-state index contributed by atoms with van der Waals surface area (Å²) < 4.78 is 10.9. The van der Waals surface area contributed by atoms with E-state index in [1.165, 1.54) is 18.4 Å². The predicted octanol–water partition coefficient (Wildman–Crippen LogP) is 2.03. The molecule has 1 aromatic carbocycles. The first-order valence-corrected chi connectivity index (χ1v) is 9.70. The van der Waals surface area contributed by atoms with Gasteiger partial charge in [0.1, 0.15) is 5.75 Å². The summed E-state index contributed by atoms with van der Waals surface area (Å²) in [6, 6.07) is 8.74. The van der Waals surface area contributed by atoms with E-state index in [-0.39, 0.29) is 0 Å². The molecule has 0 radical (unpaired) electrons. The summed E-state index contributed by atoms with van der Waals surface area (Å²) in [7, 11) is 3.55. The molecule has 144 valence electrons. The maximum absolute atomic E-state index is 5.45. The highest BCUT2D eigenvalue weighted by Crippen LogP contribution is 2.27. The van der Waals surface area contributed by atoms with Crippen molar-refractivity contribution in [2.24, 2.45) is 10.9 Å². The number of ether oxygens (including phenoxy) is 2. The molecule has 2 heterocycles. The number of methoxy groups -OCH3 is 1. The van der Waals surface area contributed by atoms with Crippen molar-refractivity contribution >= 4 is 5.96 Å². The van der Waals surface area contributed by atoms with E-state index >= 15 is 0 Å². The van der Waals surface area contributed by atoms with Crippen molar-refractivity contribution in [2.75, 3.05) is 53.6 Å². The number of benzene rings is 1. The zero-order valence-corrected chi connectivity index (χ0v) is 16.0. The fourth-order valence-corrected chi connectivity index (χ4v) is 3.76. The lowest BCUT2D eigenvalue weighted by atomic mass is 10.1. The van der Waals surface area contributed by atoms with Crippen molar-refractivity contribution in [2.45, 2.75) is 25.3 Å². The second-order valence-electron chi connectivity index (χ2n) is 7.10. The molecule has 0 amide bonds. The van der Waals surface area contributed by atoms with Gasteiger partial charge in [-0.05, 0) is 50.0 Å². The van der Waals surface area contributed by atoms with Gasteiger partial charge in [0, 0.05) is 32.7 Å². The van der Waals surface area contributed by atoms with E-state index in [0.717, 1.165) is 57.5 Å². The van der Waals surface area contributed by atoms with E-state index in [1.54, 1.807) is 7.11 Å². The van der Waals surface area contributed by atoms with Crippen LogP contribution in [0.5, 0.6) is 5.75 Å². The third kappa shape index (κ3) is 5.11. The van der Waals surface area contributed by atoms with Gasteiger partial charge < -0.3 is 20.1 Å². The summed E-state index contributed by atoms with van der Waals surface area (Å²) in [5.74, 6) is 2.36. The van der Waals surface area contributed by atoms with E-state index in [2.05, 4.69) is 38.7 Å². The number of likely N-dealkylation sites (tertiary alicyclic amines) is 1. The lowest BCUT2D eigenvalue weighted by Crippen LogP contribution is -2.44. The van der Waals surface area contributed by atoms with Gasteiger partial charge >= 0.3 is 0 Å². The van der Waals surface area contributed by atoms with E-state index in [4.69, 9.17) is 9.47 Å². The number of nitrogens with zero attached hydrogens (tertiary/aromatic N) is 2. The Kier molecular flexibility index (Phi) is 7.14. The van der Waals surface area contributed by atoms with Crippen LogP contribution in [0.4, 0.5) is 0 Å². The van der Waals surface area contributed by atoms with Gasteiger partial charge in [-0.25, -0.2) is 0 Å². The minimum absolute atomic E-state index is 0.320. The molecule has 26 heavy (non-hydrogen) atoms. The number of rotatable bonds is 7. The van der Waals surface area contributed by atoms with Crippen molar-refractivity contribution in [3.63, 3.8) is 0 Å². The topological polar surface area (TPSA) is 58.1 Å². The van der Waals surface area contributed by atoms with Gasteiger partial charge in [0.25, 0.3) is 0 Å². The third-order valence-electron chi connectivity index (χ3n) is 5.33. The molecule has 0 saturated carbocycles. The average Bonchev–Trinajstić information content (AvgIpc) is 3.38. The van der Waals surface area contributed by atoms with Gasteiger partial charge in [-0.2, -0.15) is 0 Å². The first-order valence-electron chi connectivity index (χ1n) is 9.70. The molecule has 6 heteroatoms. The molecule has 0 aromatic heterocycles. The Morgan fingerprint density at radius 1 is 1.35 bits per heavy atom. The molecule has 2 atom stereocenters. The average molecular weight is 361 g/mol. The molecule has 2 aliphatic rings. The Labute approximate surface area is 157 Å². The van der Waals surface area contributed by atoms with Gasteiger partial charge in [0.2, 0.25) is 0 Å². The van der Waals surface area contributed by atoms with Crippen molar-refractivity contribution < 1.29 is 9.47 Å². The van der Waals surface area contributed by atoms with Crippen molar-refractivity contribution in [1.29, 1.82) is 0 Å². The number of hydrogen-bond donors (Lipinski definition) is 2. The fraction of sp³-hybridized carbons (Fsp3) is 0.650. The van der Waals surface area contributed by atoms with Crippen LogP contribution >= 0.6 is 0 Å². The van der Waals surface area contributed by atoms with Crippen LogP contribution < -0.4 is 15.4 Å². The maximum Gasteiger partial charge on any atom is 0.191 e. The molecule has 0 aliphatic carbocycles. The normalized spacial score (nSPS) is 22.4. The molecule has 2 unspecified atom stereocenters. The van der Waals surface area contributed by atoms with Gasteiger partial charge in [0.15, 0.2) is 5.96 Å². The van der Waals surface area contributed by atoms with E-state index in [0.29, 0.717) is 12.0 Å². The molecule has 6 nitrogen and oxygen atoms in total. The molecule has 0 bridgehead atoms. The zero-order chi connectivity index (χ0) is 18.2. The van der Waals surface area contributed by atoms with Gasteiger partial charge in [-0.1, -0.05) is 12.1 Å². The lowest BCUT2D eigenvalue weighted by Gasteiger charge is -2.29. The summed E-state index contributed by atoms with van der Waals surface area (Å²) >= 11 is 0. The van der Waals surface area contributed by atoms with E-state index in [1.807, 2.05) is 13.1 Å². The van der Waals surface area contributed by atoms with Crippen LogP contribution in [0.3, 0.4) is 0 Å². The standard InChI is InChI=1S/C20H32N4O2/c1-21-20(22-13-16-8-11-26-15-16)23-14-19(24-9-3-4-10-24)17-6-5-7-18(12-17)25-2/h5-7,12,16,19H,3-4,8-11,13-15H2,1-2H3,(H2,21,22,23). The van der Waals surface area contributed by atoms with Crippen molar-refractivity contribution in [3.05, 3.63) is 29.8 Å². The van der Waals surface area contributed by atoms with Gasteiger partial charge in [-0.3, -0.25) is 9.89 Å². The van der Waals surface area contributed by atoms with Crippen LogP contribution in [0.15, 0.2) is 29.3 Å². The Morgan fingerprint density at radius 3 is 2.88 bits per heavy atom. The van der Waals surface area contributed by atoms with E-state index < -0.39 is 0 Å². The Bertz CT molecular complexity index is 581. The summed E-state index contributed by atoms with van der Waals surface area (Å²) in [4.78, 5) is 6.94. The Morgan fingerprint density at radius 2 is 2.19 bits per heavy atom. The second-order valence-corrected chi connectivity index (χ2v) is 7.10. The molecular formula is C20H32N4O2. The predicted molar refractivity (Wildman–Crippen MR) is 105 cm³/mol. The number of hydrogen-bond acceptors (Lipinski definition) is 4. The molecule has 2 N–H and O–H groups in total. The first-order chi connectivity index (χ1) is 12.8. The maximum atomic E-state index is 5.45. The molecule has 0 spiro atoms. The molecule has 1 aromatic rings. The number of guanidine groups is 1. The van der Waals surface area contributed by atoms with Crippen molar-refractivity contribution in [1.82, 2.24) is 15.5 Å². The summed E-state index contributed by atoms with van der Waals surface area (Å²) in [6.07, 6.45) is 3.68. The van der Waals surface area contributed by atoms with Gasteiger partial charge in [-0.15, -0.1) is 0 Å². The van der Waals surface area contributed by atoms with Crippen LogP contribution in [0.2, 0.25) is 0 Å². The quantitative estimate of drug-likeness (QED) is 0.576. The smallest absolute Gasteiger partial charge is 0.191 e. The minimum Gasteiger partial charge on any atom is -0.497 e. The molecule has 2 aliphatic heterocycles. The summed E-state index contributed by atoms with van der Waals surface area (Å²) in [5, 5.41) is 6.97. The van der Waals surface area contributed by atoms with Crippen LogP contribution in [0, 0.1) is 5.92 Å². The molecule has 2 saturated heterocycles. The lowest BCUT2D eigenvalue weighted by molar-refractivity contribution is 0.186. The minimum atomic E-state index is 0.320. The summed E-state index contributed by atoms with van der Waals surface area (Å²) in [6.45, 7) is 5.76. The number of aliphatic imine (C=N–C) groups is 1. The third-order valence-corrected chi connectivity index (χ3v) is 5.33. The SMILES string of the molecule is CN=C(NCC1CCOC1)NCC(c1cccc(OC)c1)N1CCCC1. The van der Waals surface area contributed by atoms with Crippen LogP contribution in [0.1, 0.15) is 30.9 Å². The summed E-state index contributed by atoms with van der Waals surface area (Å²) in [5.41, 5.74) is 1.29. The monoisotopic (exact) mass is 360 g/mol. The fourth-order valence-electron chi connectivity index (χ4n) is 3.76. The zero-order valence-electron chi connectivity index (χ0n) is 16.0. The van der Waals surface area contributed by atoms with Crippen molar-refractivity contribution in [3.8, 4) is 5.75 Å². The molecule has 3 rings (SSSR count). The largest absolute Gasteiger partial charge is 0.497 e. The van der Waals surface area contributed by atoms with Gasteiger partial charge in [0.05, 0.1) is 19.8 Å². The highest BCUT2D eigenvalue weighted by Gasteiger charge is 2.24. The molecular weight excluding hydrogens is 328 g/mol. The highest BCUT2D eigenvalue weighted by atomic mass is 16.5. The van der Waals surface area contributed by atoms with Crippen LogP contribution in [-0.2, 0) is 4.74 Å².